The number of thiocarbonyl (C=S) groups is 1. The van der Waals surface area contributed by atoms with Crippen molar-refractivity contribution in [3.8, 4) is 5.75 Å². The van der Waals surface area contributed by atoms with Gasteiger partial charge in [0.2, 0.25) is 0 Å². The third-order valence-corrected chi connectivity index (χ3v) is 4.15. The molecule has 0 spiro atoms. The van der Waals surface area contributed by atoms with Gasteiger partial charge in [0.15, 0.2) is 5.11 Å². The number of likely N-dealkylation sites (N-methyl/N-ethyl adjacent to an activating group) is 1. The summed E-state index contributed by atoms with van der Waals surface area (Å²) in [6.07, 6.45) is 1.77. The molecule has 2 aromatic carbocycles. The van der Waals surface area contributed by atoms with Crippen LogP contribution in [0.3, 0.4) is 0 Å². The number of aryl methyl sites for hydroxylation is 1. The minimum absolute atomic E-state index is 0.145. The number of para-hydroxylation sites is 1. The molecule has 0 unspecified atom stereocenters. The summed E-state index contributed by atoms with van der Waals surface area (Å²) in [5.41, 5.74) is 3.59. The van der Waals surface area contributed by atoms with Crippen LogP contribution in [0.2, 0.25) is 0 Å². The number of nitrogens with one attached hydrogen (secondary N) is 1. The third-order valence-electron chi connectivity index (χ3n) is 3.78. The molecule has 0 radical (unpaired) electrons. The fourth-order valence-corrected chi connectivity index (χ4v) is 2.67. The molecule has 1 fully saturated rings. The maximum atomic E-state index is 12.1. The second kappa shape index (κ2) is 6.84. The molecule has 24 heavy (non-hydrogen) atoms. The van der Waals surface area contributed by atoms with Gasteiger partial charge in [0.1, 0.15) is 18.1 Å². The quantitative estimate of drug-likeness (QED) is 0.686. The number of rotatable bonds is 4. The SMILES string of the molecule is Cc1cccc(COc2ccccc2/C=C2/NC(=S)N(C)C2=O)c1. The van der Waals surface area contributed by atoms with Gasteiger partial charge in [-0.25, -0.2) is 0 Å². The van der Waals surface area contributed by atoms with Crippen molar-refractivity contribution >= 4 is 29.3 Å². The molecule has 4 nitrogen and oxygen atoms in total. The van der Waals surface area contributed by atoms with Crippen LogP contribution in [0, 0.1) is 6.92 Å². The Bertz CT molecular complexity index is 830. The molecule has 5 heteroatoms. The zero-order chi connectivity index (χ0) is 17.1. The van der Waals surface area contributed by atoms with E-state index < -0.39 is 0 Å². The third kappa shape index (κ3) is 3.46. The summed E-state index contributed by atoms with van der Waals surface area (Å²) in [6, 6.07) is 15.8. The molecular formula is C19H18N2O2S. The van der Waals surface area contributed by atoms with Crippen LogP contribution in [0.1, 0.15) is 16.7 Å². The lowest BCUT2D eigenvalue weighted by Crippen LogP contribution is -2.25. The molecule has 3 rings (SSSR count). The van der Waals surface area contributed by atoms with E-state index in [1.54, 1.807) is 13.1 Å². The van der Waals surface area contributed by atoms with Crippen LogP contribution in [0.15, 0.2) is 54.2 Å². The summed E-state index contributed by atoms with van der Waals surface area (Å²) in [5, 5.41) is 3.33. The van der Waals surface area contributed by atoms with E-state index in [2.05, 4.69) is 24.4 Å². The first-order chi connectivity index (χ1) is 11.5. The standard InChI is InChI=1S/C19H18N2O2S/c1-13-6-5-7-14(10-13)12-23-17-9-4-3-8-15(17)11-16-18(22)21(2)19(24)20-16/h3-11H,12H2,1-2H3,(H,20,24)/b16-11+. The van der Waals surface area contributed by atoms with Gasteiger partial charge >= 0.3 is 0 Å². The zero-order valence-corrected chi connectivity index (χ0v) is 14.4. The lowest BCUT2D eigenvalue weighted by Gasteiger charge is -2.10. The number of hydrogen-bond acceptors (Lipinski definition) is 3. The van der Waals surface area contributed by atoms with Crippen molar-refractivity contribution < 1.29 is 9.53 Å². The summed E-state index contributed by atoms with van der Waals surface area (Å²) in [4.78, 5) is 13.5. The van der Waals surface area contributed by atoms with E-state index in [1.807, 2.05) is 36.4 Å². The molecular weight excluding hydrogens is 320 g/mol. The van der Waals surface area contributed by atoms with Crippen molar-refractivity contribution in [2.75, 3.05) is 7.05 Å². The number of carbonyl (C=O) groups is 1. The van der Waals surface area contributed by atoms with Gasteiger partial charge in [0.25, 0.3) is 5.91 Å². The van der Waals surface area contributed by atoms with E-state index in [0.29, 0.717) is 17.4 Å². The van der Waals surface area contributed by atoms with Crippen molar-refractivity contribution in [1.29, 1.82) is 0 Å². The molecule has 2 aromatic rings. The minimum atomic E-state index is -0.145. The Balaban J connectivity index is 1.81. The molecule has 0 aromatic heterocycles. The maximum absolute atomic E-state index is 12.1. The van der Waals surface area contributed by atoms with Gasteiger partial charge in [-0.2, -0.15) is 0 Å². The Morgan fingerprint density at radius 2 is 2.00 bits per heavy atom. The minimum Gasteiger partial charge on any atom is -0.488 e. The fourth-order valence-electron chi connectivity index (χ4n) is 2.47. The van der Waals surface area contributed by atoms with Crippen LogP contribution >= 0.6 is 12.2 Å². The van der Waals surface area contributed by atoms with Crippen molar-refractivity contribution in [2.24, 2.45) is 0 Å². The molecule has 1 saturated heterocycles. The molecule has 1 aliphatic heterocycles. The van der Waals surface area contributed by atoms with Crippen LogP contribution in [0.5, 0.6) is 5.75 Å². The number of amides is 1. The number of ether oxygens (including phenoxy) is 1. The van der Waals surface area contributed by atoms with Crippen LogP contribution in [0.25, 0.3) is 6.08 Å². The summed E-state index contributed by atoms with van der Waals surface area (Å²) in [5.74, 6) is 0.579. The lowest BCUT2D eigenvalue weighted by molar-refractivity contribution is -0.121. The van der Waals surface area contributed by atoms with E-state index >= 15 is 0 Å². The number of benzene rings is 2. The van der Waals surface area contributed by atoms with E-state index in [9.17, 15) is 4.79 Å². The predicted molar refractivity (Wildman–Crippen MR) is 98.4 cm³/mol. The van der Waals surface area contributed by atoms with Crippen molar-refractivity contribution in [3.05, 3.63) is 70.9 Å². The highest BCUT2D eigenvalue weighted by molar-refractivity contribution is 7.80. The van der Waals surface area contributed by atoms with Crippen molar-refractivity contribution in [1.82, 2.24) is 10.2 Å². The highest BCUT2D eigenvalue weighted by atomic mass is 32.1. The van der Waals surface area contributed by atoms with Gasteiger partial charge in [0, 0.05) is 12.6 Å². The second-order valence-electron chi connectivity index (χ2n) is 5.67. The van der Waals surface area contributed by atoms with Gasteiger partial charge in [-0.1, -0.05) is 48.0 Å². The topological polar surface area (TPSA) is 41.6 Å². The predicted octanol–water partition coefficient (Wildman–Crippen LogP) is 3.26. The molecule has 1 N–H and O–H groups in total. The van der Waals surface area contributed by atoms with Gasteiger partial charge < -0.3 is 10.1 Å². The average molecular weight is 338 g/mol. The van der Waals surface area contributed by atoms with E-state index in [-0.39, 0.29) is 5.91 Å². The number of hydrogen-bond donors (Lipinski definition) is 1. The first-order valence-electron chi connectivity index (χ1n) is 7.63. The first-order valence-corrected chi connectivity index (χ1v) is 8.03. The maximum Gasteiger partial charge on any atom is 0.276 e. The van der Waals surface area contributed by atoms with Crippen molar-refractivity contribution in [3.63, 3.8) is 0 Å². The van der Waals surface area contributed by atoms with Crippen molar-refractivity contribution in [2.45, 2.75) is 13.5 Å². The van der Waals surface area contributed by atoms with E-state index in [1.165, 1.54) is 10.5 Å². The van der Waals surface area contributed by atoms with Crippen LogP contribution in [-0.2, 0) is 11.4 Å². The van der Waals surface area contributed by atoms with E-state index in [0.717, 1.165) is 16.9 Å². The normalized spacial score (nSPS) is 15.8. The molecule has 1 heterocycles. The molecule has 0 atom stereocenters. The summed E-state index contributed by atoms with van der Waals surface area (Å²) in [6.45, 7) is 2.53. The van der Waals surface area contributed by atoms with Crippen LogP contribution in [-0.4, -0.2) is 23.0 Å². The smallest absolute Gasteiger partial charge is 0.276 e. The second-order valence-corrected chi connectivity index (χ2v) is 6.05. The monoisotopic (exact) mass is 338 g/mol. The first kappa shape index (κ1) is 16.2. The molecule has 1 amide bonds. The average Bonchev–Trinajstić information content (AvgIpc) is 2.81. The Labute approximate surface area is 146 Å². The number of nitrogens with zero attached hydrogens (tertiary/aromatic N) is 1. The van der Waals surface area contributed by atoms with E-state index in [4.69, 9.17) is 17.0 Å². The Hall–Kier alpha value is -2.66. The van der Waals surface area contributed by atoms with Crippen LogP contribution in [0.4, 0.5) is 0 Å². The van der Waals surface area contributed by atoms with Gasteiger partial charge in [-0.3, -0.25) is 9.69 Å². The highest BCUT2D eigenvalue weighted by Crippen LogP contribution is 2.23. The summed E-state index contributed by atoms with van der Waals surface area (Å²) < 4.78 is 5.95. The summed E-state index contributed by atoms with van der Waals surface area (Å²) >= 11 is 5.09. The molecule has 122 valence electrons. The Morgan fingerprint density at radius 3 is 2.71 bits per heavy atom. The Morgan fingerprint density at radius 1 is 1.21 bits per heavy atom. The van der Waals surface area contributed by atoms with Crippen LogP contribution < -0.4 is 10.1 Å². The highest BCUT2D eigenvalue weighted by Gasteiger charge is 2.27. The lowest BCUT2D eigenvalue weighted by atomic mass is 10.1. The fraction of sp³-hybridized carbons (Fsp3) is 0.158. The molecule has 0 aliphatic carbocycles. The Kier molecular flexibility index (Phi) is 4.62. The van der Waals surface area contributed by atoms with Gasteiger partial charge in [-0.15, -0.1) is 0 Å². The zero-order valence-electron chi connectivity index (χ0n) is 13.6. The van der Waals surface area contributed by atoms with Gasteiger partial charge in [-0.05, 0) is 36.8 Å². The summed E-state index contributed by atoms with van der Waals surface area (Å²) in [7, 11) is 1.65. The molecule has 0 bridgehead atoms. The largest absolute Gasteiger partial charge is 0.488 e. The van der Waals surface area contributed by atoms with Gasteiger partial charge in [0.05, 0.1) is 0 Å². The molecule has 1 aliphatic rings. The number of carbonyl (C=O) groups excluding carboxylic acids is 1. The molecule has 0 saturated carbocycles.